The van der Waals surface area contributed by atoms with Crippen molar-refractivity contribution in [3.05, 3.63) is 59.9 Å². The van der Waals surface area contributed by atoms with Crippen LogP contribution in [0, 0.1) is 5.92 Å². The first-order chi connectivity index (χ1) is 10.3. The molecular weight excluding hydrogens is 258 g/mol. The monoisotopic (exact) mass is 281 g/mol. The fraction of sp³-hybridized carbons (Fsp3) is 0.389. The minimum atomic E-state index is 0.805. The molecule has 0 bridgehead atoms. The quantitative estimate of drug-likeness (QED) is 0.936. The predicted octanol–water partition coefficient (Wildman–Crippen LogP) is 3.12. The molecule has 1 aliphatic heterocycles. The Balaban J connectivity index is 1.49. The van der Waals surface area contributed by atoms with E-state index in [9.17, 15) is 0 Å². The van der Waals surface area contributed by atoms with Crippen molar-refractivity contribution in [1.29, 1.82) is 0 Å². The number of hydrogen-bond acceptors (Lipinski definition) is 3. The molecule has 0 amide bonds. The molecule has 2 heterocycles. The first-order valence-corrected chi connectivity index (χ1v) is 7.76. The zero-order chi connectivity index (χ0) is 14.5. The van der Waals surface area contributed by atoms with E-state index in [-0.39, 0.29) is 0 Å². The SMILES string of the molecule is Nc1ccnc(CN2CCC(Cc3ccccc3)CC2)c1. The van der Waals surface area contributed by atoms with Gasteiger partial charge in [-0.25, -0.2) is 0 Å². The Morgan fingerprint density at radius 2 is 1.86 bits per heavy atom. The van der Waals surface area contributed by atoms with Gasteiger partial charge in [0.25, 0.3) is 0 Å². The molecule has 3 heteroatoms. The second kappa shape index (κ2) is 6.72. The number of hydrogen-bond donors (Lipinski definition) is 1. The van der Waals surface area contributed by atoms with Crippen molar-refractivity contribution in [2.24, 2.45) is 5.92 Å². The van der Waals surface area contributed by atoms with Crippen LogP contribution in [0.5, 0.6) is 0 Å². The summed E-state index contributed by atoms with van der Waals surface area (Å²) in [7, 11) is 0. The summed E-state index contributed by atoms with van der Waals surface area (Å²) in [5, 5.41) is 0. The molecule has 1 fully saturated rings. The molecule has 1 saturated heterocycles. The number of pyridine rings is 1. The van der Waals surface area contributed by atoms with Crippen LogP contribution in [0.25, 0.3) is 0 Å². The molecular formula is C18H23N3. The van der Waals surface area contributed by atoms with Gasteiger partial charge in [-0.2, -0.15) is 0 Å². The molecule has 0 atom stereocenters. The number of nitrogens with zero attached hydrogens (tertiary/aromatic N) is 2. The van der Waals surface area contributed by atoms with E-state index in [2.05, 4.69) is 40.2 Å². The van der Waals surface area contributed by atoms with Crippen LogP contribution in [-0.2, 0) is 13.0 Å². The van der Waals surface area contributed by atoms with Crippen molar-refractivity contribution >= 4 is 5.69 Å². The van der Waals surface area contributed by atoms with Crippen molar-refractivity contribution in [3.8, 4) is 0 Å². The van der Waals surface area contributed by atoms with Crippen LogP contribution in [0.4, 0.5) is 5.69 Å². The van der Waals surface area contributed by atoms with E-state index < -0.39 is 0 Å². The summed E-state index contributed by atoms with van der Waals surface area (Å²) < 4.78 is 0. The lowest BCUT2D eigenvalue weighted by molar-refractivity contribution is 0.175. The number of benzene rings is 1. The summed E-state index contributed by atoms with van der Waals surface area (Å²) in [6, 6.07) is 14.7. The van der Waals surface area contributed by atoms with Gasteiger partial charge in [-0.15, -0.1) is 0 Å². The lowest BCUT2D eigenvalue weighted by Gasteiger charge is -2.31. The standard InChI is InChI=1S/C18H23N3/c19-17-6-9-20-18(13-17)14-21-10-7-16(8-11-21)12-15-4-2-1-3-5-15/h1-6,9,13,16H,7-8,10-12,14H2,(H2,19,20). The maximum Gasteiger partial charge on any atom is 0.0564 e. The van der Waals surface area contributed by atoms with Gasteiger partial charge in [0.15, 0.2) is 0 Å². The number of aromatic nitrogens is 1. The molecule has 110 valence electrons. The molecule has 2 aromatic rings. The van der Waals surface area contributed by atoms with Crippen LogP contribution in [0.2, 0.25) is 0 Å². The van der Waals surface area contributed by atoms with Crippen molar-refractivity contribution in [3.63, 3.8) is 0 Å². The number of nitrogens with two attached hydrogens (primary N) is 1. The molecule has 21 heavy (non-hydrogen) atoms. The Bertz CT molecular complexity index is 560. The van der Waals surface area contributed by atoms with Gasteiger partial charge in [0, 0.05) is 18.4 Å². The van der Waals surface area contributed by atoms with Crippen LogP contribution < -0.4 is 5.73 Å². The number of anilines is 1. The molecule has 1 aromatic carbocycles. The van der Waals surface area contributed by atoms with Gasteiger partial charge in [0.05, 0.1) is 5.69 Å². The molecule has 0 aliphatic carbocycles. The van der Waals surface area contributed by atoms with E-state index in [4.69, 9.17) is 5.73 Å². The number of piperidine rings is 1. The Hall–Kier alpha value is -1.87. The normalized spacial score (nSPS) is 17.0. The Morgan fingerprint density at radius 1 is 1.10 bits per heavy atom. The maximum atomic E-state index is 5.81. The largest absolute Gasteiger partial charge is 0.399 e. The third-order valence-electron chi connectivity index (χ3n) is 4.30. The lowest BCUT2D eigenvalue weighted by Crippen LogP contribution is -2.34. The van der Waals surface area contributed by atoms with Crippen LogP contribution >= 0.6 is 0 Å². The highest BCUT2D eigenvalue weighted by molar-refractivity contribution is 5.37. The van der Waals surface area contributed by atoms with E-state index >= 15 is 0 Å². The molecule has 2 N–H and O–H groups in total. The second-order valence-electron chi connectivity index (χ2n) is 5.99. The molecule has 0 radical (unpaired) electrons. The Labute approximate surface area is 126 Å². The van der Waals surface area contributed by atoms with Gasteiger partial charge in [0.2, 0.25) is 0 Å². The summed E-state index contributed by atoms with van der Waals surface area (Å²) in [5.74, 6) is 0.817. The average Bonchev–Trinajstić information content (AvgIpc) is 2.50. The summed E-state index contributed by atoms with van der Waals surface area (Å²) in [4.78, 5) is 6.89. The third kappa shape index (κ3) is 4.05. The lowest BCUT2D eigenvalue weighted by atomic mass is 9.90. The van der Waals surface area contributed by atoms with Crippen LogP contribution in [0.3, 0.4) is 0 Å². The molecule has 3 rings (SSSR count). The molecule has 1 aromatic heterocycles. The minimum Gasteiger partial charge on any atom is -0.399 e. The minimum absolute atomic E-state index is 0.805. The predicted molar refractivity (Wildman–Crippen MR) is 86.8 cm³/mol. The van der Waals surface area contributed by atoms with Crippen molar-refractivity contribution in [1.82, 2.24) is 9.88 Å². The molecule has 0 spiro atoms. The van der Waals surface area contributed by atoms with Crippen molar-refractivity contribution in [2.45, 2.75) is 25.8 Å². The van der Waals surface area contributed by atoms with Crippen molar-refractivity contribution < 1.29 is 0 Å². The van der Waals surface area contributed by atoms with Gasteiger partial charge in [-0.05, 0) is 56.0 Å². The topological polar surface area (TPSA) is 42.1 Å². The first kappa shape index (κ1) is 14.1. The van der Waals surface area contributed by atoms with E-state index in [1.54, 1.807) is 6.20 Å². The molecule has 1 aliphatic rings. The van der Waals surface area contributed by atoms with E-state index in [1.807, 2.05) is 12.1 Å². The fourth-order valence-corrected chi connectivity index (χ4v) is 3.11. The zero-order valence-electron chi connectivity index (χ0n) is 12.4. The fourth-order valence-electron chi connectivity index (χ4n) is 3.11. The van der Waals surface area contributed by atoms with Gasteiger partial charge in [0.1, 0.15) is 0 Å². The summed E-state index contributed by atoms with van der Waals surface area (Å²) >= 11 is 0. The van der Waals surface area contributed by atoms with Crippen LogP contribution in [-0.4, -0.2) is 23.0 Å². The smallest absolute Gasteiger partial charge is 0.0564 e. The van der Waals surface area contributed by atoms with Gasteiger partial charge < -0.3 is 5.73 Å². The highest BCUT2D eigenvalue weighted by atomic mass is 15.1. The number of nitrogen functional groups attached to an aromatic ring is 1. The van der Waals surface area contributed by atoms with E-state index in [0.717, 1.165) is 36.9 Å². The average molecular weight is 281 g/mol. The number of rotatable bonds is 4. The maximum absolute atomic E-state index is 5.81. The summed E-state index contributed by atoms with van der Waals surface area (Å²) in [6.45, 7) is 3.24. The van der Waals surface area contributed by atoms with Gasteiger partial charge >= 0.3 is 0 Å². The van der Waals surface area contributed by atoms with E-state index in [0.29, 0.717) is 0 Å². The van der Waals surface area contributed by atoms with Crippen molar-refractivity contribution in [2.75, 3.05) is 18.8 Å². The third-order valence-corrected chi connectivity index (χ3v) is 4.30. The Kier molecular flexibility index (Phi) is 4.51. The second-order valence-corrected chi connectivity index (χ2v) is 5.99. The van der Waals surface area contributed by atoms with Gasteiger partial charge in [-0.3, -0.25) is 9.88 Å². The highest BCUT2D eigenvalue weighted by Gasteiger charge is 2.19. The highest BCUT2D eigenvalue weighted by Crippen LogP contribution is 2.22. The van der Waals surface area contributed by atoms with Gasteiger partial charge in [-0.1, -0.05) is 30.3 Å². The van der Waals surface area contributed by atoms with Crippen LogP contribution in [0.1, 0.15) is 24.1 Å². The Morgan fingerprint density at radius 3 is 2.57 bits per heavy atom. The molecule has 0 saturated carbocycles. The first-order valence-electron chi connectivity index (χ1n) is 7.76. The van der Waals surface area contributed by atoms with Crippen LogP contribution in [0.15, 0.2) is 48.7 Å². The number of likely N-dealkylation sites (tertiary alicyclic amines) is 1. The van der Waals surface area contributed by atoms with E-state index in [1.165, 1.54) is 24.8 Å². The summed E-state index contributed by atoms with van der Waals surface area (Å²) in [6.07, 6.45) is 5.56. The molecule has 3 nitrogen and oxygen atoms in total. The molecule has 0 unspecified atom stereocenters. The zero-order valence-corrected chi connectivity index (χ0v) is 12.4. The summed E-state index contributed by atoms with van der Waals surface area (Å²) in [5.41, 5.74) is 9.16.